The van der Waals surface area contributed by atoms with Crippen molar-refractivity contribution in [2.45, 2.75) is 13.3 Å². The molecule has 0 saturated carbocycles. The first-order chi connectivity index (χ1) is 5.93. The topological polar surface area (TPSA) is 21.7 Å². The minimum absolute atomic E-state index is 0.869. The SMILES string of the molecule is CCCOCCN1CCOCC1. The Hall–Kier alpha value is -0.120. The highest BCUT2D eigenvalue weighted by atomic mass is 16.5. The van der Waals surface area contributed by atoms with Crippen LogP contribution in [0.2, 0.25) is 0 Å². The van der Waals surface area contributed by atoms with Gasteiger partial charge in [-0.2, -0.15) is 0 Å². The first-order valence-corrected chi connectivity index (χ1v) is 4.81. The fourth-order valence-corrected chi connectivity index (χ4v) is 1.26. The number of morpholine rings is 1. The van der Waals surface area contributed by atoms with Crippen molar-refractivity contribution in [3.63, 3.8) is 0 Å². The molecule has 3 heteroatoms. The van der Waals surface area contributed by atoms with Crippen molar-refractivity contribution in [2.24, 2.45) is 0 Å². The molecule has 0 radical (unpaired) electrons. The molecule has 0 amide bonds. The molecule has 0 unspecified atom stereocenters. The van der Waals surface area contributed by atoms with E-state index in [9.17, 15) is 0 Å². The summed E-state index contributed by atoms with van der Waals surface area (Å²) < 4.78 is 10.6. The first kappa shape index (κ1) is 9.96. The van der Waals surface area contributed by atoms with Crippen LogP contribution in [0.15, 0.2) is 0 Å². The molecule has 12 heavy (non-hydrogen) atoms. The molecule has 1 heterocycles. The average molecular weight is 173 g/mol. The van der Waals surface area contributed by atoms with Crippen LogP contribution in [0.25, 0.3) is 0 Å². The van der Waals surface area contributed by atoms with Crippen molar-refractivity contribution in [3.8, 4) is 0 Å². The standard InChI is InChI=1S/C9H19NO2/c1-2-6-11-7-3-10-4-8-12-9-5-10/h2-9H2,1H3. The molecule has 0 aliphatic carbocycles. The van der Waals surface area contributed by atoms with E-state index in [0.29, 0.717) is 0 Å². The lowest BCUT2D eigenvalue weighted by Crippen LogP contribution is -2.38. The Morgan fingerprint density at radius 1 is 1.25 bits per heavy atom. The van der Waals surface area contributed by atoms with Crippen LogP contribution >= 0.6 is 0 Å². The Kier molecular flexibility index (Phi) is 5.32. The summed E-state index contributed by atoms with van der Waals surface area (Å²) in [5, 5.41) is 0. The van der Waals surface area contributed by atoms with Gasteiger partial charge in [-0.05, 0) is 6.42 Å². The molecule has 0 spiro atoms. The van der Waals surface area contributed by atoms with E-state index in [1.807, 2.05) is 0 Å². The summed E-state index contributed by atoms with van der Waals surface area (Å²) in [6.45, 7) is 8.85. The molecule has 0 N–H and O–H groups in total. The molecule has 1 aliphatic rings. The second-order valence-corrected chi connectivity index (χ2v) is 3.07. The number of ether oxygens (including phenoxy) is 2. The second kappa shape index (κ2) is 6.40. The van der Waals surface area contributed by atoms with Crippen molar-refractivity contribution >= 4 is 0 Å². The summed E-state index contributed by atoms with van der Waals surface area (Å²) in [6.07, 6.45) is 1.11. The number of hydrogen-bond acceptors (Lipinski definition) is 3. The van der Waals surface area contributed by atoms with E-state index in [4.69, 9.17) is 9.47 Å². The maximum atomic E-state index is 5.40. The second-order valence-electron chi connectivity index (χ2n) is 3.07. The monoisotopic (exact) mass is 173 g/mol. The van der Waals surface area contributed by atoms with Crippen molar-refractivity contribution < 1.29 is 9.47 Å². The summed E-state index contributed by atoms with van der Waals surface area (Å²) in [4.78, 5) is 2.39. The first-order valence-electron chi connectivity index (χ1n) is 4.81. The zero-order chi connectivity index (χ0) is 8.65. The number of nitrogens with zero attached hydrogens (tertiary/aromatic N) is 1. The molecule has 1 rings (SSSR count). The molecule has 1 saturated heterocycles. The highest BCUT2D eigenvalue weighted by molar-refractivity contribution is 4.60. The molecular formula is C9H19NO2. The van der Waals surface area contributed by atoms with Crippen molar-refractivity contribution in [2.75, 3.05) is 46.1 Å². The summed E-state index contributed by atoms with van der Waals surface area (Å²) in [6, 6.07) is 0. The van der Waals surface area contributed by atoms with Gasteiger partial charge in [-0.3, -0.25) is 4.90 Å². The van der Waals surface area contributed by atoms with Gasteiger partial charge in [0.25, 0.3) is 0 Å². The third kappa shape index (κ3) is 4.04. The van der Waals surface area contributed by atoms with Crippen LogP contribution in [0.3, 0.4) is 0 Å². The molecule has 3 nitrogen and oxygen atoms in total. The quantitative estimate of drug-likeness (QED) is 0.572. The van der Waals surface area contributed by atoms with Gasteiger partial charge in [0, 0.05) is 26.2 Å². The van der Waals surface area contributed by atoms with E-state index in [0.717, 1.165) is 52.5 Å². The number of hydrogen-bond donors (Lipinski definition) is 0. The fourth-order valence-electron chi connectivity index (χ4n) is 1.26. The van der Waals surface area contributed by atoms with E-state index < -0.39 is 0 Å². The van der Waals surface area contributed by atoms with E-state index in [1.54, 1.807) is 0 Å². The van der Waals surface area contributed by atoms with Gasteiger partial charge in [-0.15, -0.1) is 0 Å². The van der Waals surface area contributed by atoms with Gasteiger partial charge in [-0.1, -0.05) is 6.92 Å². The van der Waals surface area contributed by atoms with Crippen LogP contribution in [-0.2, 0) is 9.47 Å². The van der Waals surface area contributed by atoms with Crippen LogP contribution in [0.1, 0.15) is 13.3 Å². The highest BCUT2D eigenvalue weighted by Gasteiger charge is 2.08. The molecule has 1 aliphatic heterocycles. The zero-order valence-corrected chi connectivity index (χ0v) is 7.92. The third-order valence-corrected chi connectivity index (χ3v) is 2.00. The van der Waals surface area contributed by atoms with Gasteiger partial charge in [0.15, 0.2) is 0 Å². The van der Waals surface area contributed by atoms with E-state index in [-0.39, 0.29) is 0 Å². The Bertz CT molecular complexity index is 103. The predicted molar refractivity (Wildman–Crippen MR) is 48.4 cm³/mol. The average Bonchev–Trinajstić information content (AvgIpc) is 2.14. The smallest absolute Gasteiger partial charge is 0.0594 e. The van der Waals surface area contributed by atoms with Crippen molar-refractivity contribution in [1.29, 1.82) is 0 Å². The Labute approximate surface area is 74.6 Å². The van der Waals surface area contributed by atoms with Gasteiger partial charge >= 0.3 is 0 Å². The minimum atomic E-state index is 0.869. The summed E-state index contributed by atoms with van der Waals surface area (Å²) in [5.74, 6) is 0. The minimum Gasteiger partial charge on any atom is -0.380 e. The molecular weight excluding hydrogens is 154 g/mol. The Morgan fingerprint density at radius 2 is 2.00 bits per heavy atom. The Balaban J connectivity index is 1.91. The molecule has 1 fully saturated rings. The van der Waals surface area contributed by atoms with Gasteiger partial charge in [0.2, 0.25) is 0 Å². The van der Waals surface area contributed by atoms with E-state index in [1.165, 1.54) is 0 Å². The fraction of sp³-hybridized carbons (Fsp3) is 1.00. The molecule has 0 aromatic heterocycles. The lowest BCUT2D eigenvalue weighted by Gasteiger charge is -2.26. The zero-order valence-electron chi connectivity index (χ0n) is 7.92. The van der Waals surface area contributed by atoms with E-state index >= 15 is 0 Å². The van der Waals surface area contributed by atoms with Crippen LogP contribution in [0.4, 0.5) is 0 Å². The highest BCUT2D eigenvalue weighted by Crippen LogP contribution is 1.95. The normalized spacial score (nSPS) is 19.8. The largest absolute Gasteiger partial charge is 0.380 e. The van der Waals surface area contributed by atoms with Crippen molar-refractivity contribution in [3.05, 3.63) is 0 Å². The third-order valence-electron chi connectivity index (χ3n) is 2.00. The lowest BCUT2D eigenvalue weighted by molar-refractivity contribution is 0.0205. The molecule has 0 aromatic carbocycles. The van der Waals surface area contributed by atoms with Gasteiger partial charge in [-0.25, -0.2) is 0 Å². The Morgan fingerprint density at radius 3 is 2.67 bits per heavy atom. The summed E-state index contributed by atoms with van der Waals surface area (Å²) in [7, 11) is 0. The van der Waals surface area contributed by atoms with Gasteiger partial charge < -0.3 is 9.47 Å². The molecule has 0 atom stereocenters. The van der Waals surface area contributed by atoms with Gasteiger partial charge in [0.1, 0.15) is 0 Å². The van der Waals surface area contributed by atoms with Crippen LogP contribution in [0, 0.1) is 0 Å². The van der Waals surface area contributed by atoms with Crippen LogP contribution in [-0.4, -0.2) is 51.0 Å². The summed E-state index contributed by atoms with van der Waals surface area (Å²) in [5.41, 5.74) is 0. The van der Waals surface area contributed by atoms with Crippen molar-refractivity contribution in [1.82, 2.24) is 4.90 Å². The maximum absolute atomic E-state index is 5.40. The molecule has 0 aromatic rings. The van der Waals surface area contributed by atoms with E-state index in [2.05, 4.69) is 11.8 Å². The predicted octanol–water partition coefficient (Wildman–Crippen LogP) is 0.745. The number of rotatable bonds is 5. The van der Waals surface area contributed by atoms with Crippen LogP contribution in [0.5, 0.6) is 0 Å². The lowest BCUT2D eigenvalue weighted by atomic mass is 10.4. The molecule has 72 valence electrons. The molecule has 0 bridgehead atoms. The maximum Gasteiger partial charge on any atom is 0.0594 e. The van der Waals surface area contributed by atoms with Crippen LogP contribution < -0.4 is 0 Å². The van der Waals surface area contributed by atoms with Gasteiger partial charge in [0.05, 0.1) is 19.8 Å². The summed E-state index contributed by atoms with van der Waals surface area (Å²) >= 11 is 0.